The quantitative estimate of drug-likeness (QED) is 0.736. The van der Waals surface area contributed by atoms with Gasteiger partial charge in [0.2, 0.25) is 0 Å². The number of ether oxygens (including phenoxy) is 2. The molecule has 1 atom stereocenters. The summed E-state index contributed by atoms with van der Waals surface area (Å²) in [6.07, 6.45) is 1.12. The summed E-state index contributed by atoms with van der Waals surface area (Å²) < 4.78 is 11.2. The predicted molar refractivity (Wildman–Crippen MR) is 70.6 cm³/mol. The maximum atomic E-state index is 5.85. The van der Waals surface area contributed by atoms with E-state index in [0.717, 1.165) is 35.4 Å². The summed E-state index contributed by atoms with van der Waals surface area (Å²) in [5.41, 5.74) is 1.13. The van der Waals surface area contributed by atoms with Crippen LogP contribution < -0.4 is 9.47 Å². The summed E-state index contributed by atoms with van der Waals surface area (Å²) in [5.74, 6) is 2.23. The fourth-order valence-corrected chi connectivity index (χ4v) is 1.78. The standard InChI is InChI=1S/C13H19BrO2/c1-4-10(2)9-16-13-11(8-14)6-5-7-12(13)15-3/h5-7,10H,4,8-9H2,1-3H3. The average molecular weight is 287 g/mol. The van der Waals surface area contributed by atoms with E-state index in [9.17, 15) is 0 Å². The van der Waals surface area contributed by atoms with E-state index in [0.29, 0.717) is 5.92 Å². The number of methoxy groups -OCH3 is 1. The Labute approximate surface area is 106 Å². The molecule has 0 aliphatic rings. The van der Waals surface area contributed by atoms with Crippen molar-refractivity contribution in [2.75, 3.05) is 13.7 Å². The lowest BCUT2D eigenvalue weighted by Gasteiger charge is -2.16. The molecule has 0 fully saturated rings. The van der Waals surface area contributed by atoms with Gasteiger partial charge in [-0.2, -0.15) is 0 Å². The smallest absolute Gasteiger partial charge is 0.165 e. The van der Waals surface area contributed by atoms with Crippen LogP contribution in [0.3, 0.4) is 0 Å². The van der Waals surface area contributed by atoms with Crippen LogP contribution in [0.1, 0.15) is 25.8 Å². The van der Waals surface area contributed by atoms with Gasteiger partial charge in [0, 0.05) is 10.9 Å². The first kappa shape index (κ1) is 13.4. The normalized spacial score (nSPS) is 12.2. The lowest BCUT2D eigenvalue weighted by atomic mass is 10.1. The highest BCUT2D eigenvalue weighted by atomic mass is 79.9. The average Bonchev–Trinajstić information content (AvgIpc) is 2.35. The Morgan fingerprint density at radius 1 is 1.38 bits per heavy atom. The molecule has 0 heterocycles. The van der Waals surface area contributed by atoms with E-state index in [4.69, 9.17) is 9.47 Å². The van der Waals surface area contributed by atoms with E-state index in [2.05, 4.69) is 29.8 Å². The first-order valence-electron chi connectivity index (χ1n) is 5.57. The van der Waals surface area contributed by atoms with Crippen molar-refractivity contribution in [1.29, 1.82) is 0 Å². The molecular weight excluding hydrogens is 268 g/mol. The van der Waals surface area contributed by atoms with Crippen molar-refractivity contribution >= 4 is 15.9 Å². The predicted octanol–water partition coefficient (Wildman–Crippen LogP) is 4.02. The summed E-state index contributed by atoms with van der Waals surface area (Å²) in [4.78, 5) is 0. The van der Waals surface area contributed by atoms with E-state index in [-0.39, 0.29) is 0 Å². The van der Waals surface area contributed by atoms with Crippen molar-refractivity contribution in [3.8, 4) is 11.5 Å². The van der Waals surface area contributed by atoms with Gasteiger partial charge in [0.1, 0.15) is 0 Å². The molecule has 0 aliphatic heterocycles. The van der Waals surface area contributed by atoms with E-state index < -0.39 is 0 Å². The van der Waals surface area contributed by atoms with Crippen LogP contribution in [0, 0.1) is 5.92 Å². The number of hydrogen-bond acceptors (Lipinski definition) is 2. The molecule has 1 rings (SSSR count). The Morgan fingerprint density at radius 2 is 2.12 bits per heavy atom. The molecule has 2 nitrogen and oxygen atoms in total. The van der Waals surface area contributed by atoms with Crippen LogP contribution >= 0.6 is 15.9 Å². The van der Waals surface area contributed by atoms with Gasteiger partial charge in [-0.05, 0) is 12.0 Å². The molecule has 1 aromatic rings. The van der Waals surface area contributed by atoms with Crippen molar-refractivity contribution in [2.24, 2.45) is 5.92 Å². The Bertz CT molecular complexity index is 303. The summed E-state index contributed by atoms with van der Waals surface area (Å²) in [7, 11) is 1.67. The van der Waals surface area contributed by atoms with Gasteiger partial charge in [-0.1, -0.05) is 48.3 Å². The number of rotatable bonds is 6. The molecular formula is C13H19BrO2. The highest BCUT2D eigenvalue weighted by molar-refractivity contribution is 9.08. The number of halogens is 1. The van der Waals surface area contributed by atoms with Gasteiger partial charge in [-0.15, -0.1) is 0 Å². The van der Waals surface area contributed by atoms with Crippen LogP contribution in [0.4, 0.5) is 0 Å². The monoisotopic (exact) mass is 286 g/mol. The SMILES string of the molecule is CCC(C)COc1c(CBr)cccc1OC. The van der Waals surface area contributed by atoms with Crippen molar-refractivity contribution in [3.05, 3.63) is 23.8 Å². The molecule has 0 saturated carbocycles. The van der Waals surface area contributed by atoms with Gasteiger partial charge in [0.15, 0.2) is 11.5 Å². The number of benzene rings is 1. The van der Waals surface area contributed by atoms with Gasteiger partial charge < -0.3 is 9.47 Å². The molecule has 16 heavy (non-hydrogen) atoms. The lowest BCUT2D eigenvalue weighted by molar-refractivity contribution is 0.243. The van der Waals surface area contributed by atoms with Crippen molar-refractivity contribution in [3.63, 3.8) is 0 Å². The molecule has 3 heteroatoms. The summed E-state index contributed by atoms with van der Waals surface area (Å²) >= 11 is 3.46. The van der Waals surface area contributed by atoms with Crippen molar-refractivity contribution in [2.45, 2.75) is 25.6 Å². The minimum atomic E-state index is 0.563. The number of alkyl halides is 1. The van der Waals surface area contributed by atoms with Crippen LogP contribution in [0.2, 0.25) is 0 Å². The second kappa shape index (κ2) is 6.79. The van der Waals surface area contributed by atoms with Crippen molar-refractivity contribution in [1.82, 2.24) is 0 Å². The summed E-state index contributed by atoms with van der Waals surface area (Å²) in [6.45, 7) is 5.09. The molecule has 90 valence electrons. The van der Waals surface area contributed by atoms with Crippen LogP contribution in [0.15, 0.2) is 18.2 Å². The number of hydrogen-bond donors (Lipinski definition) is 0. The maximum Gasteiger partial charge on any atom is 0.165 e. The van der Waals surface area contributed by atoms with Gasteiger partial charge in [0.25, 0.3) is 0 Å². The second-order valence-electron chi connectivity index (χ2n) is 3.91. The van der Waals surface area contributed by atoms with Gasteiger partial charge in [0.05, 0.1) is 13.7 Å². The van der Waals surface area contributed by atoms with E-state index in [1.54, 1.807) is 7.11 Å². The highest BCUT2D eigenvalue weighted by Gasteiger charge is 2.10. The van der Waals surface area contributed by atoms with Gasteiger partial charge >= 0.3 is 0 Å². The zero-order chi connectivity index (χ0) is 12.0. The Kier molecular flexibility index (Phi) is 5.67. The molecule has 1 aromatic carbocycles. The van der Waals surface area contributed by atoms with E-state index in [1.165, 1.54) is 0 Å². The molecule has 1 unspecified atom stereocenters. The minimum Gasteiger partial charge on any atom is -0.493 e. The third-order valence-corrected chi connectivity index (χ3v) is 3.24. The van der Waals surface area contributed by atoms with Crippen LogP contribution in [-0.4, -0.2) is 13.7 Å². The zero-order valence-electron chi connectivity index (χ0n) is 10.1. The van der Waals surface area contributed by atoms with Crippen molar-refractivity contribution < 1.29 is 9.47 Å². The first-order valence-corrected chi connectivity index (χ1v) is 6.69. The second-order valence-corrected chi connectivity index (χ2v) is 4.47. The number of para-hydroxylation sites is 1. The van der Waals surface area contributed by atoms with E-state index >= 15 is 0 Å². The third-order valence-electron chi connectivity index (χ3n) is 2.63. The summed E-state index contributed by atoms with van der Waals surface area (Å²) in [6, 6.07) is 5.95. The molecule has 0 amide bonds. The fourth-order valence-electron chi connectivity index (χ4n) is 1.33. The molecule has 0 aromatic heterocycles. The largest absolute Gasteiger partial charge is 0.493 e. The molecule has 0 N–H and O–H groups in total. The highest BCUT2D eigenvalue weighted by Crippen LogP contribution is 2.32. The van der Waals surface area contributed by atoms with E-state index in [1.807, 2.05) is 18.2 Å². The Balaban J connectivity index is 2.82. The van der Waals surface area contributed by atoms with Crippen LogP contribution in [0.5, 0.6) is 11.5 Å². The Morgan fingerprint density at radius 3 is 2.69 bits per heavy atom. The lowest BCUT2D eigenvalue weighted by Crippen LogP contribution is -2.09. The first-order chi connectivity index (χ1) is 7.72. The molecule has 0 radical (unpaired) electrons. The molecule has 0 spiro atoms. The fraction of sp³-hybridized carbons (Fsp3) is 0.538. The maximum absolute atomic E-state index is 5.85. The molecule has 0 aliphatic carbocycles. The van der Waals surface area contributed by atoms with Crippen LogP contribution in [-0.2, 0) is 5.33 Å². The zero-order valence-corrected chi connectivity index (χ0v) is 11.7. The molecule has 0 saturated heterocycles. The topological polar surface area (TPSA) is 18.5 Å². The minimum absolute atomic E-state index is 0.563. The van der Waals surface area contributed by atoms with Gasteiger partial charge in [-0.3, -0.25) is 0 Å². The Hall–Kier alpha value is -0.700. The van der Waals surface area contributed by atoms with Gasteiger partial charge in [-0.25, -0.2) is 0 Å². The third kappa shape index (κ3) is 3.41. The summed E-state index contributed by atoms with van der Waals surface area (Å²) in [5, 5.41) is 0.778. The van der Waals surface area contributed by atoms with Crippen LogP contribution in [0.25, 0.3) is 0 Å². The molecule has 0 bridgehead atoms.